The lowest BCUT2D eigenvalue weighted by Gasteiger charge is -2.42. The van der Waals surface area contributed by atoms with E-state index in [1.807, 2.05) is 93.6 Å². The van der Waals surface area contributed by atoms with E-state index >= 15 is 0 Å². The average molecular weight is 528 g/mol. The number of carbonyl (C=O) groups is 3. The second-order valence-corrected chi connectivity index (χ2v) is 10.8. The molecule has 5 rings (SSSR count). The number of cyclic esters (lactones) is 1. The summed E-state index contributed by atoms with van der Waals surface area (Å²) in [5.41, 5.74) is 1.53. The Morgan fingerprint density at radius 2 is 1.51 bits per heavy atom. The van der Waals surface area contributed by atoms with Gasteiger partial charge in [-0.05, 0) is 38.5 Å². The van der Waals surface area contributed by atoms with Gasteiger partial charge in [-0.15, -0.1) is 0 Å². The Kier molecular flexibility index (Phi) is 7.04. The van der Waals surface area contributed by atoms with Gasteiger partial charge in [0, 0.05) is 42.9 Å². The Morgan fingerprint density at radius 1 is 0.923 bits per heavy atom. The Labute approximate surface area is 228 Å². The fourth-order valence-corrected chi connectivity index (χ4v) is 5.28. The Morgan fingerprint density at radius 3 is 2.08 bits per heavy atom. The minimum absolute atomic E-state index is 0.115. The van der Waals surface area contributed by atoms with Crippen LogP contribution in [-0.4, -0.2) is 59.2 Å². The molecule has 1 unspecified atom stereocenters. The molecule has 3 aromatic rings. The Balaban J connectivity index is 1.35. The third kappa shape index (κ3) is 5.32. The van der Waals surface area contributed by atoms with E-state index in [2.05, 4.69) is 5.32 Å². The predicted octanol–water partition coefficient (Wildman–Crippen LogP) is 4.93. The summed E-state index contributed by atoms with van der Waals surface area (Å²) in [7, 11) is 0. The summed E-state index contributed by atoms with van der Waals surface area (Å²) >= 11 is 0. The van der Waals surface area contributed by atoms with Crippen LogP contribution in [0.5, 0.6) is 0 Å². The van der Waals surface area contributed by atoms with Crippen LogP contribution < -0.4 is 5.32 Å². The molecular formula is C31H33N3O5. The molecule has 8 nitrogen and oxygen atoms in total. The van der Waals surface area contributed by atoms with Gasteiger partial charge in [0.2, 0.25) is 0 Å². The fourth-order valence-electron chi connectivity index (χ4n) is 5.28. The minimum Gasteiger partial charge on any atom is -0.444 e. The maximum Gasteiger partial charge on any atom is 0.411 e. The number of alkyl carbamates (subject to hydrolysis) is 1. The molecule has 0 aliphatic carbocycles. The molecule has 0 spiro atoms. The fraction of sp³-hybridized carbons (Fsp3) is 0.323. The van der Waals surface area contributed by atoms with E-state index in [0.717, 1.165) is 16.7 Å². The van der Waals surface area contributed by atoms with Gasteiger partial charge in [0.15, 0.2) is 5.60 Å². The third-order valence-corrected chi connectivity index (χ3v) is 7.06. The zero-order valence-electron chi connectivity index (χ0n) is 22.4. The van der Waals surface area contributed by atoms with Crippen LogP contribution in [0.4, 0.5) is 9.59 Å². The highest BCUT2D eigenvalue weighted by Crippen LogP contribution is 2.45. The lowest BCUT2D eigenvalue weighted by molar-refractivity contribution is 0.0371. The van der Waals surface area contributed by atoms with E-state index in [1.165, 1.54) is 0 Å². The smallest absolute Gasteiger partial charge is 0.411 e. The molecule has 2 saturated heterocycles. The van der Waals surface area contributed by atoms with E-state index in [4.69, 9.17) is 9.47 Å². The monoisotopic (exact) mass is 527 g/mol. The van der Waals surface area contributed by atoms with Crippen molar-refractivity contribution in [3.8, 4) is 0 Å². The third-order valence-electron chi connectivity index (χ3n) is 7.06. The lowest BCUT2D eigenvalue weighted by atomic mass is 9.79. The van der Waals surface area contributed by atoms with Crippen LogP contribution in [-0.2, 0) is 21.6 Å². The van der Waals surface area contributed by atoms with E-state index < -0.39 is 17.3 Å². The quantitative estimate of drug-likeness (QED) is 0.508. The number of hydrogen-bond acceptors (Lipinski definition) is 5. The number of benzene rings is 3. The van der Waals surface area contributed by atoms with Crippen molar-refractivity contribution in [1.82, 2.24) is 15.1 Å². The van der Waals surface area contributed by atoms with Crippen molar-refractivity contribution in [2.75, 3.05) is 19.6 Å². The van der Waals surface area contributed by atoms with E-state index in [1.54, 1.807) is 21.9 Å². The molecular weight excluding hydrogens is 494 g/mol. The van der Waals surface area contributed by atoms with Crippen molar-refractivity contribution < 1.29 is 23.9 Å². The molecule has 39 heavy (non-hydrogen) atoms. The van der Waals surface area contributed by atoms with Gasteiger partial charge >= 0.3 is 12.2 Å². The Hall–Kier alpha value is -4.33. The first-order valence-corrected chi connectivity index (χ1v) is 13.1. The first-order valence-electron chi connectivity index (χ1n) is 13.1. The van der Waals surface area contributed by atoms with E-state index in [-0.39, 0.29) is 18.0 Å². The zero-order valence-corrected chi connectivity index (χ0v) is 22.4. The van der Waals surface area contributed by atoms with Crippen molar-refractivity contribution in [2.45, 2.75) is 44.6 Å². The highest BCUT2D eigenvalue weighted by Gasteiger charge is 2.58. The molecule has 3 amide bonds. The second kappa shape index (κ2) is 10.4. The number of nitrogens with zero attached hydrogens (tertiary/aromatic N) is 2. The van der Waals surface area contributed by atoms with Crippen molar-refractivity contribution in [2.24, 2.45) is 0 Å². The summed E-state index contributed by atoms with van der Waals surface area (Å²) in [5.74, 6) is -0.115. The predicted molar refractivity (Wildman–Crippen MR) is 146 cm³/mol. The first kappa shape index (κ1) is 26.3. The van der Waals surface area contributed by atoms with E-state index in [9.17, 15) is 14.4 Å². The molecule has 8 heteroatoms. The van der Waals surface area contributed by atoms with Crippen molar-refractivity contribution in [1.29, 1.82) is 0 Å². The molecule has 2 aliphatic rings. The summed E-state index contributed by atoms with van der Waals surface area (Å²) in [4.78, 5) is 42.2. The number of amides is 3. The summed E-state index contributed by atoms with van der Waals surface area (Å²) in [6.07, 6.45) is -0.865. The Bertz CT molecular complexity index is 1300. The summed E-state index contributed by atoms with van der Waals surface area (Å²) in [5, 5.41) is 2.73. The number of nitrogens with one attached hydrogen (secondary N) is 1. The van der Waals surface area contributed by atoms with Crippen LogP contribution in [0.2, 0.25) is 0 Å². The molecule has 0 bridgehead atoms. The number of rotatable bonds is 5. The standard InChI is InChI=1S/C31H33N3O5/c1-30(2,3)38-28(36)32-20-22-14-16-23(17-15-22)27(35)33-18-19-34-26(21-33)31(39-29(34)37,24-10-6-4-7-11-24)25-12-8-5-9-13-25/h4-17,26H,18-21H2,1-3H3,(H,32,36). The summed E-state index contributed by atoms with van der Waals surface area (Å²) in [6.45, 7) is 6.84. The van der Waals surface area contributed by atoms with Crippen molar-refractivity contribution in [3.05, 3.63) is 107 Å². The highest BCUT2D eigenvalue weighted by molar-refractivity contribution is 5.94. The summed E-state index contributed by atoms with van der Waals surface area (Å²) < 4.78 is 11.5. The second-order valence-electron chi connectivity index (χ2n) is 10.8. The van der Waals surface area contributed by atoms with Gasteiger partial charge in [-0.3, -0.25) is 9.69 Å². The van der Waals surface area contributed by atoms with Gasteiger partial charge in [0.25, 0.3) is 5.91 Å². The van der Waals surface area contributed by atoms with Gasteiger partial charge in [0.1, 0.15) is 11.6 Å². The average Bonchev–Trinajstić information content (AvgIpc) is 3.24. The van der Waals surface area contributed by atoms with Crippen LogP contribution in [0, 0.1) is 0 Å². The SMILES string of the molecule is CC(C)(C)OC(=O)NCc1ccc(C(=O)N2CCN3C(=O)OC(c4ccccc4)(c4ccccc4)C3C2)cc1. The maximum atomic E-state index is 13.6. The molecule has 2 fully saturated rings. The van der Waals surface area contributed by atoms with E-state index in [0.29, 0.717) is 31.7 Å². The van der Waals surface area contributed by atoms with Crippen LogP contribution in [0.3, 0.4) is 0 Å². The highest BCUT2D eigenvalue weighted by atomic mass is 16.6. The summed E-state index contributed by atoms with van der Waals surface area (Å²) in [6, 6.07) is 26.2. The number of fused-ring (bicyclic) bond motifs is 1. The largest absolute Gasteiger partial charge is 0.444 e. The molecule has 1 N–H and O–H groups in total. The topological polar surface area (TPSA) is 88.2 Å². The molecule has 0 radical (unpaired) electrons. The number of hydrogen-bond donors (Lipinski definition) is 1. The van der Waals surface area contributed by atoms with Crippen LogP contribution >= 0.6 is 0 Å². The molecule has 202 valence electrons. The maximum absolute atomic E-state index is 13.6. The van der Waals surface area contributed by atoms with Crippen LogP contribution in [0.1, 0.15) is 47.8 Å². The lowest BCUT2D eigenvalue weighted by Crippen LogP contribution is -2.58. The van der Waals surface area contributed by atoms with Crippen molar-refractivity contribution in [3.63, 3.8) is 0 Å². The number of ether oxygens (including phenoxy) is 2. The van der Waals surface area contributed by atoms with Gasteiger partial charge in [-0.2, -0.15) is 0 Å². The van der Waals surface area contributed by atoms with Crippen LogP contribution in [0.25, 0.3) is 0 Å². The van der Waals surface area contributed by atoms with Crippen molar-refractivity contribution >= 4 is 18.1 Å². The van der Waals surface area contributed by atoms with Gasteiger partial charge in [0.05, 0.1) is 0 Å². The molecule has 3 aromatic carbocycles. The number of carbonyl (C=O) groups excluding carboxylic acids is 3. The number of piperazine rings is 1. The molecule has 0 saturated carbocycles. The minimum atomic E-state index is -1.03. The molecule has 0 aromatic heterocycles. The molecule has 2 aliphatic heterocycles. The molecule has 2 heterocycles. The zero-order chi connectivity index (χ0) is 27.6. The van der Waals surface area contributed by atoms with Gasteiger partial charge in [-0.25, -0.2) is 9.59 Å². The van der Waals surface area contributed by atoms with Crippen LogP contribution in [0.15, 0.2) is 84.9 Å². The van der Waals surface area contributed by atoms with Gasteiger partial charge < -0.3 is 19.7 Å². The first-order chi connectivity index (χ1) is 18.7. The normalized spacial score (nSPS) is 18.2. The molecule has 1 atom stereocenters. The van der Waals surface area contributed by atoms with Gasteiger partial charge in [-0.1, -0.05) is 72.8 Å².